The second kappa shape index (κ2) is 7.69. The molecule has 1 atom stereocenters. The van der Waals surface area contributed by atoms with Crippen molar-refractivity contribution in [2.45, 2.75) is 17.9 Å². The highest BCUT2D eigenvalue weighted by Gasteiger charge is 2.27. The average molecular weight is 389 g/mol. The first-order valence-corrected chi connectivity index (χ1v) is 9.48. The first-order chi connectivity index (χ1) is 11.6. The van der Waals surface area contributed by atoms with Gasteiger partial charge in [-0.25, -0.2) is 12.7 Å². The highest BCUT2D eigenvalue weighted by molar-refractivity contribution is 7.89. The van der Waals surface area contributed by atoms with Crippen molar-refractivity contribution in [1.29, 1.82) is 0 Å². The average Bonchev–Trinajstić information content (AvgIpc) is 2.55. The fourth-order valence-electron chi connectivity index (χ4n) is 2.38. The number of hydrogen-bond acceptors (Lipinski definition) is 5. The third-order valence-corrected chi connectivity index (χ3v) is 6.25. The maximum absolute atomic E-state index is 12.4. The molecule has 0 radical (unpaired) electrons. The molecular formula is C15H21ClN4O4S. The molecule has 25 heavy (non-hydrogen) atoms. The number of rotatable bonds is 5. The summed E-state index contributed by atoms with van der Waals surface area (Å²) in [7, 11) is -0.921. The Hall–Kier alpha value is -1.68. The van der Waals surface area contributed by atoms with Crippen molar-refractivity contribution in [3.8, 4) is 0 Å². The van der Waals surface area contributed by atoms with E-state index in [0.29, 0.717) is 18.8 Å². The van der Waals surface area contributed by atoms with Gasteiger partial charge in [0.15, 0.2) is 0 Å². The predicted octanol–water partition coefficient (Wildman–Crippen LogP) is 0.349. The van der Waals surface area contributed by atoms with Crippen LogP contribution in [0.4, 0.5) is 5.69 Å². The Kier molecular flexibility index (Phi) is 6.04. The minimum Gasteiger partial charge on any atom is -0.354 e. The molecule has 1 saturated heterocycles. The Morgan fingerprint density at radius 2 is 2.08 bits per heavy atom. The number of carbonyl (C=O) groups is 2. The fourth-order valence-corrected chi connectivity index (χ4v) is 3.77. The molecule has 0 aliphatic carbocycles. The van der Waals surface area contributed by atoms with E-state index in [1.807, 2.05) is 0 Å². The van der Waals surface area contributed by atoms with Crippen molar-refractivity contribution in [2.24, 2.45) is 0 Å². The molecule has 2 rings (SSSR count). The summed E-state index contributed by atoms with van der Waals surface area (Å²) in [6.07, 6.45) is 0. The summed E-state index contributed by atoms with van der Waals surface area (Å²) in [5.74, 6) is -0.457. The number of carbonyl (C=O) groups excluding carboxylic acids is 2. The molecule has 1 aromatic rings. The number of piperazine rings is 1. The largest absolute Gasteiger partial charge is 0.354 e. The molecule has 2 amide bonds. The first-order valence-electron chi connectivity index (χ1n) is 7.66. The zero-order valence-electron chi connectivity index (χ0n) is 14.2. The van der Waals surface area contributed by atoms with E-state index < -0.39 is 16.1 Å². The van der Waals surface area contributed by atoms with Crippen LogP contribution in [0.3, 0.4) is 0 Å². The summed E-state index contributed by atoms with van der Waals surface area (Å²) in [5.41, 5.74) is 0.322. The molecule has 1 aliphatic rings. The molecular weight excluding hydrogens is 368 g/mol. The summed E-state index contributed by atoms with van der Waals surface area (Å²) in [5, 5.41) is 5.45. The van der Waals surface area contributed by atoms with Gasteiger partial charge in [0.2, 0.25) is 21.8 Å². The normalized spacial score (nSPS) is 17.2. The lowest BCUT2D eigenvalue weighted by Gasteiger charge is -2.31. The molecule has 1 fully saturated rings. The maximum Gasteiger partial charge on any atom is 0.244 e. The monoisotopic (exact) mass is 388 g/mol. The van der Waals surface area contributed by atoms with E-state index in [9.17, 15) is 18.0 Å². The smallest absolute Gasteiger partial charge is 0.244 e. The van der Waals surface area contributed by atoms with Gasteiger partial charge in [0.05, 0.1) is 17.6 Å². The van der Waals surface area contributed by atoms with Gasteiger partial charge in [-0.1, -0.05) is 11.6 Å². The maximum atomic E-state index is 12.4. The van der Waals surface area contributed by atoms with Crippen LogP contribution in [0.15, 0.2) is 23.1 Å². The lowest BCUT2D eigenvalue weighted by Crippen LogP contribution is -2.53. The zero-order valence-corrected chi connectivity index (χ0v) is 15.8. The molecule has 8 nitrogen and oxygen atoms in total. The first kappa shape index (κ1) is 19.6. The van der Waals surface area contributed by atoms with Crippen molar-refractivity contribution in [2.75, 3.05) is 39.0 Å². The van der Waals surface area contributed by atoms with E-state index in [2.05, 4.69) is 10.6 Å². The lowest BCUT2D eigenvalue weighted by molar-refractivity contribution is -0.127. The van der Waals surface area contributed by atoms with E-state index in [-0.39, 0.29) is 28.3 Å². The quantitative estimate of drug-likeness (QED) is 0.758. The molecule has 0 bridgehead atoms. The number of hydrogen-bond donors (Lipinski definition) is 2. The molecule has 138 valence electrons. The number of sulfonamides is 1. The number of benzene rings is 1. The summed E-state index contributed by atoms with van der Waals surface area (Å²) < 4.78 is 25.6. The molecule has 10 heteroatoms. The fraction of sp³-hybridized carbons (Fsp3) is 0.467. The molecule has 1 aliphatic heterocycles. The number of nitrogens with one attached hydrogen (secondary N) is 2. The second-order valence-corrected chi connectivity index (χ2v) is 8.45. The van der Waals surface area contributed by atoms with Crippen LogP contribution in [0.1, 0.15) is 6.92 Å². The Balaban J connectivity index is 2.17. The number of nitrogens with zero attached hydrogens (tertiary/aromatic N) is 2. The topological polar surface area (TPSA) is 98.8 Å². The predicted molar refractivity (Wildman–Crippen MR) is 95.0 cm³/mol. The van der Waals surface area contributed by atoms with Gasteiger partial charge in [0, 0.05) is 32.9 Å². The van der Waals surface area contributed by atoms with Crippen LogP contribution in [0.2, 0.25) is 5.02 Å². The SMILES string of the molecule is CC(C(=O)Nc1ccc(Cl)c(S(=O)(=O)N(C)C)c1)N1CCNC(=O)C1. The zero-order chi connectivity index (χ0) is 18.8. The number of halogens is 1. The molecule has 1 aromatic carbocycles. The Labute approximate surface area is 152 Å². The van der Waals surface area contributed by atoms with Crippen molar-refractivity contribution in [3.63, 3.8) is 0 Å². The minimum atomic E-state index is -3.73. The third kappa shape index (κ3) is 4.49. The van der Waals surface area contributed by atoms with Gasteiger partial charge < -0.3 is 10.6 Å². The van der Waals surface area contributed by atoms with Gasteiger partial charge in [0.1, 0.15) is 4.90 Å². The molecule has 0 saturated carbocycles. The lowest BCUT2D eigenvalue weighted by atomic mass is 10.2. The third-order valence-electron chi connectivity index (χ3n) is 3.95. The van der Waals surface area contributed by atoms with Crippen molar-refractivity contribution in [1.82, 2.24) is 14.5 Å². The van der Waals surface area contributed by atoms with E-state index in [1.165, 1.54) is 32.3 Å². The van der Waals surface area contributed by atoms with Gasteiger partial charge in [-0.15, -0.1) is 0 Å². The van der Waals surface area contributed by atoms with Gasteiger partial charge in [-0.3, -0.25) is 14.5 Å². The molecule has 2 N–H and O–H groups in total. The van der Waals surface area contributed by atoms with E-state index in [0.717, 1.165) is 4.31 Å². The van der Waals surface area contributed by atoms with Crippen molar-refractivity contribution >= 4 is 39.1 Å². The van der Waals surface area contributed by atoms with Crippen molar-refractivity contribution in [3.05, 3.63) is 23.2 Å². The van der Waals surface area contributed by atoms with Crippen LogP contribution >= 0.6 is 11.6 Å². The summed E-state index contributed by atoms with van der Waals surface area (Å²) in [6, 6.07) is 3.75. The molecule has 1 heterocycles. The van der Waals surface area contributed by atoms with Crippen LogP contribution < -0.4 is 10.6 Å². The number of amides is 2. The van der Waals surface area contributed by atoms with Crippen molar-refractivity contribution < 1.29 is 18.0 Å². The van der Waals surface area contributed by atoms with Crippen LogP contribution in [-0.2, 0) is 19.6 Å². The molecule has 1 unspecified atom stereocenters. The van der Waals surface area contributed by atoms with E-state index in [1.54, 1.807) is 11.8 Å². The highest BCUT2D eigenvalue weighted by atomic mass is 35.5. The van der Waals surface area contributed by atoms with E-state index in [4.69, 9.17) is 11.6 Å². The van der Waals surface area contributed by atoms with E-state index >= 15 is 0 Å². The summed E-state index contributed by atoms with van der Waals surface area (Å²) in [4.78, 5) is 25.5. The second-order valence-electron chi connectivity index (χ2n) is 5.92. The Bertz CT molecular complexity index is 782. The van der Waals surface area contributed by atoms with Crippen LogP contribution in [0.5, 0.6) is 0 Å². The molecule has 0 spiro atoms. The number of anilines is 1. The Morgan fingerprint density at radius 1 is 1.40 bits per heavy atom. The standard InChI is InChI=1S/C15H21ClN4O4S/c1-10(20-7-6-17-14(21)9-20)15(22)18-11-4-5-12(16)13(8-11)25(23,24)19(2)3/h4-5,8,10H,6-7,9H2,1-3H3,(H,17,21)(H,18,22). The Morgan fingerprint density at radius 3 is 2.68 bits per heavy atom. The van der Waals surface area contributed by atoms with Gasteiger partial charge in [-0.05, 0) is 25.1 Å². The summed E-state index contributed by atoms with van der Waals surface area (Å²) in [6.45, 7) is 2.90. The van der Waals surface area contributed by atoms with Gasteiger partial charge in [0.25, 0.3) is 0 Å². The highest BCUT2D eigenvalue weighted by Crippen LogP contribution is 2.27. The molecule has 0 aromatic heterocycles. The van der Waals surface area contributed by atoms with Crippen LogP contribution in [0.25, 0.3) is 0 Å². The van der Waals surface area contributed by atoms with Gasteiger partial charge in [-0.2, -0.15) is 0 Å². The van der Waals surface area contributed by atoms with Crippen LogP contribution in [-0.4, -0.2) is 69.2 Å². The minimum absolute atomic E-state index is 0.0763. The van der Waals surface area contributed by atoms with Gasteiger partial charge >= 0.3 is 0 Å². The summed E-state index contributed by atoms with van der Waals surface area (Å²) >= 11 is 5.99. The van der Waals surface area contributed by atoms with Crippen LogP contribution in [0, 0.1) is 0 Å².